The number of hydrogen-bond acceptors (Lipinski definition) is 6. The van der Waals surface area contributed by atoms with Crippen LogP contribution in [0.3, 0.4) is 0 Å². The lowest BCUT2D eigenvalue weighted by Crippen LogP contribution is -2.09. The molecule has 0 saturated heterocycles. The van der Waals surface area contributed by atoms with E-state index in [1.807, 2.05) is 6.07 Å². The summed E-state index contributed by atoms with van der Waals surface area (Å²) in [4.78, 5) is 30.1. The molecule has 0 spiro atoms. The SMILES string of the molecule is COc1ccc(-c2nc3ccccc3c(=O)[nH]2)cc1COc1ccc([N+](=O)[O-])cc1Cl. The van der Waals surface area contributed by atoms with Gasteiger partial charge in [-0.15, -0.1) is 0 Å². The Bertz CT molecular complexity index is 1350. The van der Waals surface area contributed by atoms with Crippen LogP contribution in [-0.2, 0) is 6.61 Å². The summed E-state index contributed by atoms with van der Waals surface area (Å²) in [5.41, 5.74) is 1.60. The Balaban J connectivity index is 1.66. The van der Waals surface area contributed by atoms with E-state index in [1.54, 1.807) is 36.4 Å². The molecular weight excluding hydrogens is 422 g/mol. The highest BCUT2D eigenvalue weighted by molar-refractivity contribution is 6.32. The number of para-hydroxylation sites is 1. The first kappa shape index (κ1) is 20.4. The highest BCUT2D eigenvalue weighted by Gasteiger charge is 2.13. The van der Waals surface area contributed by atoms with Crippen molar-refractivity contribution in [1.82, 2.24) is 9.97 Å². The zero-order valence-corrected chi connectivity index (χ0v) is 17.1. The summed E-state index contributed by atoms with van der Waals surface area (Å²) in [5, 5.41) is 11.5. The van der Waals surface area contributed by atoms with E-state index in [9.17, 15) is 14.9 Å². The van der Waals surface area contributed by atoms with Crippen molar-refractivity contribution in [2.75, 3.05) is 7.11 Å². The number of nitrogens with one attached hydrogen (secondary N) is 1. The molecule has 1 aromatic heterocycles. The lowest BCUT2D eigenvalue weighted by atomic mass is 10.1. The van der Waals surface area contributed by atoms with Gasteiger partial charge in [0.2, 0.25) is 0 Å². The number of H-pyrrole nitrogens is 1. The maximum Gasteiger partial charge on any atom is 0.271 e. The minimum Gasteiger partial charge on any atom is -0.496 e. The van der Waals surface area contributed by atoms with E-state index in [2.05, 4.69) is 9.97 Å². The Morgan fingerprint density at radius 1 is 1.10 bits per heavy atom. The van der Waals surface area contributed by atoms with Crippen LogP contribution in [-0.4, -0.2) is 22.0 Å². The van der Waals surface area contributed by atoms with E-state index in [0.29, 0.717) is 39.4 Å². The standard InChI is InChI=1S/C22H16ClN3O5/c1-30-19-8-6-13(21-24-18-5-3-2-4-16(18)22(27)25-21)10-14(19)12-31-20-9-7-15(26(28)29)11-17(20)23/h2-11H,12H2,1H3,(H,24,25,27). The number of aromatic amines is 1. The third-order valence-electron chi connectivity index (χ3n) is 4.68. The van der Waals surface area contributed by atoms with E-state index >= 15 is 0 Å². The lowest BCUT2D eigenvalue weighted by molar-refractivity contribution is -0.384. The van der Waals surface area contributed by atoms with Crippen molar-refractivity contribution < 1.29 is 14.4 Å². The molecule has 156 valence electrons. The van der Waals surface area contributed by atoms with Gasteiger partial charge in [-0.2, -0.15) is 0 Å². The molecule has 0 bridgehead atoms. The van der Waals surface area contributed by atoms with Crippen LogP contribution in [0, 0.1) is 10.1 Å². The number of hydrogen-bond donors (Lipinski definition) is 1. The molecule has 0 aliphatic rings. The molecule has 0 aliphatic heterocycles. The quantitative estimate of drug-likeness (QED) is 0.345. The van der Waals surface area contributed by atoms with Gasteiger partial charge in [0.1, 0.15) is 23.9 Å². The summed E-state index contributed by atoms with van der Waals surface area (Å²) in [6.07, 6.45) is 0. The molecule has 1 N–H and O–H groups in total. The van der Waals surface area contributed by atoms with Crippen LogP contribution in [0.15, 0.2) is 65.5 Å². The Morgan fingerprint density at radius 3 is 2.61 bits per heavy atom. The average Bonchev–Trinajstić information content (AvgIpc) is 2.78. The van der Waals surface area contributed by atoms with Gasteiger partial charge in [0.05, 0.1) is 28.0 Å². The predicted octanol–water partition coefficient (Wildman–Crippen LogP) is 4.74. The molecule has 4 rings (SSSR count). The van der Waals surface area contributed by atoms with Crippen molar-refractivity contribution in [2.45, 2.75) is 6.61 Å². The average molecular weight is 438 g/mol. The van der Waals surface area contributed by atoms with E-state index in [0.717, 1.165) is 0 Å². The number of non-ortho nitro benzene ring substituents is 1. The monoisotopic (exact) mass is 437 g/mol. The molecule has 8 nitrogen and oxygen atoms in total. The Morgan fingerprint density at radius 2 is 1.87 bits per heavy atom. The van der Waals surface area contributed by atoms with Gasteiger partial charge in [-0.3, -0.25) is 14.9 Å². The topological polar surface area (TPSA) is 107 Å². The fourth-order valence-corrected chi connectivity index (χ4v) is 3.37. The van der Waals surface area contributed by atoms with Crippen LogP contribution in [0.2, 0.25) is 5.02 Å². The van der Waals surface area contributed by atoms with Crippen molar-refractivity contribution in [3.8, 4) is 22.9 Å². The Labute approximate surface area is 181 Å². The van der Waals surface area contributed by atoms with Crippen LogP contribution in [0.4, 0.5) is 5.69 Å². The zero-order valence-electron chi connectivity index (χ0n) is 16.3. The van der Waals surface area contributed by atoms with Crippen molar-refractivity contribution in [2.24, 2.45) is 0 Å². The Kier molecular flexibility index (Phi) is 5.55. The van der Waals surface area contributed by atoms with Crippen molar-refractivity contribution >= 4 is 28.2 Å². The second-order valence-corrected chi connectivity index (χ2v) is 7.03. The number of halogens is 1. The molecule has 4 aromatic rings. The van der Waals surface area contributed by atoms with Gasteiger partial charge in [-0.25, -0.2) is 4.98 Å². The van der Waals surface area contributed by atoms with Gasteiger partial charge < -0.3 is 14.5 Å². The molecule has 9 heteroatoms. The van der Waals surface area contributed by atoms with Crippen molar-refractivity contribution in [3.05, 3.63) is 91.7 Å². The molecule has 0 unspecified atom stereocenters. The fourth-order valence-electron chi connectivity index (χ4n) is 3.14. The first-order valence-corrected chi connectivity index (χ1v) is 9.57. The first-order valence-electron chi connectivity index (χ1n) is 9.19. The fraction of sp³-hybridized carbons (Fsp3) is 0.0909. The zero-order chi connectivity index (χ0) is 22.0. The van der Waals surface area contributed by atoms with E-state index in [1.165, 1.54) is 25.3 Å². The highest BCUT2D eigenvalue weighted by atomic mass is 35.5. The molecule has 0 saturated carbocycles. The number of benzene rings is 3. The third kappa shape index (κ3) is 4.19. The van der Waals surface area contributed by atoms with Gasteiger partial charge in [0, 0.05) is 23.3 Å². The summed E-state index contributed by atoms with van der Waals surface area (Å²) < 4.78 is 11.2. The van der Waals surface area contributed by atoms with Crippen LogP contribution < -0.4 is 15.0 Å². The second kappa shape index (κ2) is 8.45. The summed E-state index contributed by atoms with van der Waals surface area (Å²) in [6.45, 7) is 0.0896. The van der Waals surface area contributed by atoms with Crippen LogP contribution in [0.25, 0.3) is 22.3 Å². The second-order valence-electron chi connectivity index (χ2n) is 6.62. The molecular formula is C22H16ClN3O5. The first-order chi connectivity index (χ1) is 15.0. The summed E-state index contributed by atoms with van der Waals surface area (Å²) in [7, 11) is 1.54. The van der Waals surface area contributed by atoms with Gasteiger partial charge in [0.25, 0.3) is 11.2 Å². The molecule has 3 aromatic carbocycles. The summed E-state index contributed by atoms with van der Waals surface area (Å²) in [5.74, 6) is 1.29. The number of ether oxygens (including phenoxy) is 2. The smallest absolute Gasteiger partial charge is 0.271 e. The van der Waals surface area contributed by atoms with E-state index in [4.69, 9.17) is 21.1 Å². The molecule has 0 aliphatic carbocycles. The van der Waals surface area contributed by atoms with Gasteiger partial charge in [-0.05, 0) is 36.4 Å². The molecule has 1 heterocycles. The Hall–Kier alpha value is -3.91. The van der Waals surface area contributed by atoms with Gasteiger partial charge in [0.15, 0.2) is 0 Å². The number of aromatic nitrogens is 2. The molecule has 0 amide bonds. The number of methoxy groups -OCH3 is 1. The van der Waals surface area contributed by atoms with Gasteiger partial charge >= 0.3 is 0 Å². The maximum atomic E-state index is 12.4. The number of nitro groups is 1. The van der Waals surface area contributed by atoms with E-state index < -0.39 is 4.92 Å². The maximum absolute atomic E-state index is 12.4. The van der Waals surface area contributed by atoms with Crippen LogP contribution in [0.5, 0.6) is 11.5 Å². The summed E-state index contributed by atoms with van der Waals surface area (Å²) >= 11 is 6.10. The highest BCUT2D eigenvalue weighted by Crippen LogP contribution is 2.31. The lowest BCUT2D eigenvalue weighted by Gasteiger charge is -2.13. The molecule has 0 atom stereocenters. The normalized spacial score (nSPS) is 10.8. The predicted molar refractivity (Wildman–Crippen MR) is 117 cm³/mol. The number of rotatable bonds is 6. The minimum absolute atomic E-state index is 0.0896. The van der Waals surface area contributed by atoms with E-state index in [-0.39, 0.29) is 22.9 Å². The number of nitro benzene ring substituents is 1. The summed E-state index contributed by atoms with van der Waals surface area (Å²) in [6, 6.07) is 16.4. The molecule has 0 radical (unpaired) electrons. The van der Waals surface area contributed by atoms with Crippen LogP contribution >= 0.6 is 11.6 Å². The largest absolute Gasteiger partial charge is 0.496 e. The minimum atomic E-state index is -0.528. The number of fused-ring (bicyclic) bond motifs is 1. The van der Waals surface area contributed by atoms with Crippen LogP contribution in [0.1, 0.15) is 5.56 Å². The third-order valence-corrected chi connectivity index (χ3v) is 4.97. The molecule has 31 heavy (non-hydrogen) atoms. The van der Waals surface area contributed by atoms with Crippen molar-refractivity contribution in [1.29, 1.82) is 0 Å². The number of nitrogens with zero attached hydrogens (tertiary/aromatic N) is 2. The molecule has 0 fully saturated rings. The van der Waals surface area contributed by atoms with Gasteiger partial charge in [-0.1, -0.05) is 23.7 Å². The van der Waals surface area contributed by atoms with Crippen molar-refractivity contribution in [3.63, 3.8) is 0 Å².